The summed E-state index contributed by atoms with van der Waals surface area (Å²) in [7, 11) is 0. The number of hydrogen-bond acceptors (Lipinski definition) is 4. The molecule has 31 heavy (non-hydrogen) atoms. The third kappa shape index (κ3) is 7.86. The molecule has 5 N–H and O–H groups in total. The molecule has 2 amide bonds. The van der Waals surface area contributed by atoms with E-state index in [1.54, 1.807) is 4.90 Å². The molecular weight excluding hydrogens is 406 g/mol. The minimum Gasteiger partial charge on any atom is -0.483 e. The summed E-state index contributed by atoms with van der Waals surface area (Å²) >= 11 is 0. The third-order valence-corrected chi connectivity index (χ3v) is 4.98. The highest BCUT2D eigenvalue weighted by Gasteiger charge is 2.22. The topological polar surface area (TPSA) is 108 Å². The number of halogens is 2. The van der Waals surface area contributed by atoms with Crippen LogP contribution in [0.2, 0.25) is 0 Å². The molecule has 0 saturated carbocycles. The van der Waals surface area contributed by atoms with Crippen LogP contribution >= 0.6 is 0 Å². The standard InChI is InChI=1S/C21H26F2N4O.CH2O2/c22-17-3-6-20(23)16(13-17)14-25-21(28)27-11-8-19(9-12-27)26-18-4-1-15(2-5-18)7-10-24;2-1-3/h1-6,13,19,26H,7-12,14,24H2,(H,25,28);1H,(H,2,3). The molecule has 0 atom stereocenters. The molecular formula is C22H28F2N4O3. The highest BCUT2D eigenvalue weighted by atomic mass is 19.1. The average Bonchev–Trinajstić information content (AvgIpc) is 2.77. The van der Waals surface area contributed by atoms with Gasteiger partial charge in [0, 0.05) is 36.9 Å². The van der Waals surface area contributed by atoms with E-state index < -0.39 is 11.6 Å². The van der Waals surface area contributed by atoms with Crippen LogP contribution in [0.15, 0.2) is 42.5 Å². The third-order valence-electron chi connectivity index (χ3n) is 4.98. The summed E-state index contributed by atoms with van der Waals surface area (Å²) in [5.41, 5.74) is 7.98. The van der Waals surface area contributed by atoms with Crippen LogP contribution in [-0.4, -0.2) is 48.2 Å². The van der Waals surface area contributed by atoms with Gasteiger partial charge in [-0.05, 0) is 61.7 Å². The van der Waals surface area contributed by atoms with Crippen LogP contribution in [0.1, 0.15) is 24.0 Å². The Morgan fingerprint density at radius 2 is 1.81 bits per heavy atom. The first-order valence-electron chi connectivity index (χ1n) is 10.1. The first-order chi connectivity index (χ1) is 15.0. The molecule has 0 unspecified atom stereocenters. The van der Waals surface area contributed by atoms with Gasteiger partial charge >= 0.3 is 6.03 Å². The first-order valence-corrected chi connectivity index (χ1v) is 10.1. The van der Waals surface area contributed by atoms with Gasteiger partial charge in [-0.15, -0.1) is 0 Å². The maximum Gasteiger partial charge on any atom is 0.317 e. The fourth-order valence-corrected chi connectivity index (χ4v) is 3.36. The Bertz CT molecular complexity index is 841. The fraction of sp³-hybridized carbons (Fsp3) is 0.364. The number of amides is 2. The Kier molecular flexibility index (Phi) is 9.70. The Labute approximate surface area is 180 Å². The van der Waals surface area contributed by atoms with E-state index in [1.807, 2.05) is 0 Å². The second kappa shape index (κ2) is 12.5. The smallest absolute Gasteiger partial charge is 0.317 e. The number of hydrogen-bond donors (Lipinski definition) is 4. The first kappa shape index (κ1) is 24.1. The van der Waals surface area contributed by atoms with Crippen LogP contribution in [0, 0.1) is 11.6 Å². The van der Waals surface area contributed by atoms with Gasteiger partial charge in [0.25, 0.3) is 6.47 Å². The molecule has 1 saturated heterocycles. The van der Waals surface area contributed by atoms with Crippen LogP contribution in [0.5, 0.6) is 0 Å². The lowest BCUT2D eigenvalue weighted by Crippen LogP contribution is -2.46. The number of carboxylic acid groups (broad SMARTS) is 1. The van der Waals surface area contributed by atoms with Gasteiger partial charge in [-0.25, -0.2) is 13.6 Å². The lowest BCUT2D eigenvalue weighted by Gasteiger charge is -2.33. The monoisotopic (exact) mass is 434 g/mol. The quantitative estimate of drug-likeness (QED) is 0.523. The number of likely N-dealkylation sites (tertiary alicyclic amines) is 1. The van der Waals surface area contributed by atoms with Crippen molar-refractivity contribution >= 4 is 18.2 Å². The summed E-state index contributed by atoms with van der Waals surface area (Å²) in [6, 6.07) is 11.5. The largest absolute Gasteiger partial charge is 0.483 e. The van der Waals surface area contributed by atoms with E-state index in [0.717, 1.165) is 43.1 Å². The van der Waals surface area contributed by atoms with Crippen molar-refractivity contribution in [3.05, 3.63) is 65.2 Å². The molecule has 0 radical (unpaired) electrons. The van der Waals surface area contributed by atoms with E-state index in [4.69, 9.17) is 15.6 Å². The number of carbonyl (C=O) groups excluding carboxylic acids is 1. The molecule has 2 aromatic carbocycles. The van der Waals surface area contributed by atoms with E-state index in [1.165, 1.54) is 5.56 Å². The van der Waals surface area contributed by atoms with Crippen molar-refractivity contribution < 1.29 is 23.5 Å². The second-order valence-electron chi connectivity index (χ2n) is 7.14. The Morgan fingerprint density at radius 3 is 2.42 bits per heavy atom. The van der Waals surface area contributed by atoms with E-state index in [9.17, 15) is 13.6 Å². The van der Waals surface area contributed by atoms with Gasteiger partial charge < -0.3 is 26.4 Å². The predicted octanol–water partition coefficient (Wildman–Crippen LogP) is 2.95. The van der Waals surface area contributed by atoms with Gasteiger partial charge in [0.1, 0.15) is 11.6 Å². The predicted molar refractivity (Wildman–Crippen MR) is 115 cm³/mol. The van der Waals surface area contributed by atoms with E-state index >= 15 is 0 Å². The van der Waals surface area contributed by atoms with Crippen LogP contribution < -0.4 is 16.4 Å². The summed E-state index contributed by atoms with van der Waals surface area (Å²) < 4.78 is 26.8. The van der Waals surface area contributed by atoms with Crippen LogP contribution in [0.4, 0.5) is 19.3 Å². The molecule has 0 spiro atoms. The Balaban J connectivity index is 0.00000107. The molecule has 9 heteroatoms. The highest BCUT2D eigenvalue weighted by Crippen LogP contribution is 2.18. The van der Waals surface area contributed by atoms with Crippen molar-refractivity contribution in [1.29, 1.82) is 0 Å². The average molecular weight is 434 g/mol. The number of nitrogens with one attached hydrogen (secondary N) is 2. The van der Waals surface area contributed by atoms with Crippen LogP contribution in [-0.2, 0) is 17.8 Å². The number of urea groups is 1. The van der Waals surface area contributed by atoms with Gasteiger partial charge in [0.15, 0.2) is 0 Å². The fourth-order valence-electron chi connectivity index (χ4n) is 3.36. The number of nitrogens with zero attached hydrogens (tertiary/aromatic N) is 1. The lowest BCUT2D eigenvalue weighted by atomic mass is 10.0. The summed E-state index contributed by atoms with van der Waals surface area (Å²) in [4.78, 5) is 22.4. The zero-order valence-corrected chi connectivity index (χ0v) is 17.2. The Morgan fingerprint density at radius 1 is 1.16 bits per heavy atom. The van der Waals surface area contributed by atoms with Crippen molar-refractivity contribution in [3.63, 3.8) is 0 Å². The van der Waals surface area contributed by atoms with Gasteiger partial charge in [-0.2, -0.15) is 0 Å². The van der Waals surface area contributed by atoms with Gasteiger partial charge in [-0.1, -0.05) is 12.1 Å². The van der Waals surface area contributed by atoms with Crippen LogP contribution in [0.25, 0.3) is 0 Å². The van der Waals surface area contributed by atoms with Crippen molar-refractivity contribution in [2.75, 3.05) is 25.0 Å². The zero-order valence-electron chi connectivity index (χ0n) is 17.2. The summed E-state index contributed by atoms with van der Waals surface area (Å²) in [5.74, 6) is -1.05. The molecule has 0 aliphatic carbocycles. The maximum atomic E-state index is 13.6. The highest BCUT2D eigenvalue weighted by molar-refractivity contribution is 5.74. The van der Waals surface area contributed by atoms with Gasteiger partial charge in [0.2, 0.25) is 0 Å². The van der Waals surface area contributed by atoms with Crippen molar-refractivity contribution in [3.8, 4) is 0 Å². The number of piperidine rings is 1. The number of benzene rings is 2. The maximum absolute atomic E-state index is 13.6. The number of anilines is 1. The van der Waals surface area contributed by atoms with Gasteiger partial charge in [0.05, 0.1) is 0 Å². The molecule has 0 aromatic heterocycles. The number of rotatable bonds is 6. The summed E-state index contributed by atoms with van der Waals surface area (Å²) in [6.07, 6.45) is 2.52. The minimum atomic E-state index is -0.526. The van der Waals surface area contributed by atoms with Crippen LogP contribution in [0.3, 0.4) is 0 Å². The van der Waals surface area contributed by atoms with E-state index in [0.29, 0.717) is 25.7 Å². The molecule has 1 aliphatic heterocycles. The molecule has 3 rings (SSSR count). The van der Waals surface area contributed by atoms with E-state index in [-0.39, 0.29) is 24.6 Å². The molecule has 2 aromatic rings. The molecule has 1 fully saturated rings. The summed E-state index contributed by atoms with van der Waals surface area (Å²) in [5, 5.41) is 13.1. The molecule has 7 nitrogen and oxygen atoms in total. The zero-order chi connectivity index (χ0) is 22.6. The molecule has 168 valence electrons. The van der Waals surface area contributed by atoms with Crippen molar-refractivity contribution in [1.82, 2.24) is 10.2 Å². The SMILES string of the molecule is NCCc1ccc(NC2CCN(C(=O)NCc3cc(F)ccc3F)CC2)cc1.O=CO. The lowest BCUT2D eigenvalue weighted by molar-refractivity contribution is -0.122. The normalized spacial score (nSPS) is 13.7. The van der Waals surface area contributed by atoms with Crippen molar-refractivity contribution in [2.24, 2.45) is 5.73 Å². The Hall–Kier alpha value is -3.20. The number of carbonyl (C=O) groups is 2. The molecule has 1 aliphatic rings. The van der Waals surface area contributed by atoms with Gasteiger partial charge in [-0.3, -0.25) is 4.79 Å². The molecule has 1 heterocycles. The summed E-state index contributed by atoms with van der Waals surface area (Å²) in [6.45, 7) is 1.58. The minimum absolute atomic E-state index is 0.0320. The van der Waals surface area contributed by atoms with E-state index in [2.05, 4.69) is 34.9 Å². The number of nitrogens with two attached hydrogens (primary N) is 1. The molecule has 0 bridgehead atoms. The van der Waals surface area contributed by atoms with Crippen molar-refractivity contribution in [2.45, 2.75) is 31.8 Å². The second-order valence-corrected chi connectivity index (χ2v) is 7.14.